The Hall–Kier alpha value is -0.990. The van der Waals surface area contributed by atoms with E-state index in [-0.39, 0.29) is 5.41 Å². The van der Waals surface area contributed by atoms with Crippen LogP contribution in [0.4, 0.5) is 0 Å². The van der Waals surface area contributed by atoms with Crippen LogP contribution in [0.2, 0.25) is 0 Å². The number of aromatic hydroxyl groups is 1. The van der Waals surface area contributed by atoms with Crippen molar-refractivity contribution in [1.82, 2.24) is 9.78 Å². The Kier molecular flexibility index (Phi) is 4.23. The second-order valence-electron chi connectivity index (χ2n) is 5.85. The maximum absolute atomic E-state index is 10.3. The van der Waals surface area contributed by atoms with Crippen molar-refractivity contribution in [2.45, 2.75) is 72.3 Å². The van der Waals surface area contributed by atoms with Crippen molar-refractivity contribution in [2.24, 2.45) is 0 Å². The Bertz CT molecular complexity index is 374. The molecule has 1 aromatic heterocycles. The minimum Gasteiger partial charge on any atom is -0.504 e. The molecule has 0 fully saturated rings. The van der Waals surface area contributed by atoms with E-state index in [9.17, 15) is 5.11 Å². The van der Waals surface area contributed by atoms with E-state index in [4.69, 9.17) is 0 Å². The smallest absolute Gasteiger partial charge is 0.160 e. The van der Waals surface area contributed by atoms with Gasteiger partial charge in [-0.15, -0.1) is 0 Å². The van der Waals surface area contributed by atoms with E-state index >= 15 is 0 Å². The second kappa shape index (κ2) is 5.11. The van der Waals surface area contributed by atoms with Gasteiger partial charge >= 0.3 is 0 Å². The SMILES string of the molecule is CCCc1nn(C(C)CC)c(C(C)(C)C)c1O. The summed E-state index contributed by atoms with van der Waals surface area (Å²) in [6.45, 7) is 12.8. The fraction of sp³-hybridized carbons (Fsp3) is 0.786. The Morgan fingerprint density at radius 1 is 1.29 bits per heavy atom. The van der Waals surface area contributed by atoms with Gasteiger partial charge in [-0.3, -0.25) is 4.68 Å². The molecule has 1 N–H and O–H groups in total. The number of nitrogens with zero attached hydrogens (tertiary/aromatic N) is 2. The molecule has 1 atom stereocenters. The third kappa shape index (κ3) is 2.82. The highest BCUT2D eigenvalue weighted by molar-refractivity contribution is 5.37. The normalized spacial score (nSPS) is 14.0. The van der Waals surface area contributed by atoms with E-state index in [1.807, 2.05) is 4.68 Å². The van der Waals surface area contributed by atoms with E-state index in [0.717, 1.165) is 30.7 Å². The quantitative estimate of drug-likeness (QED) is 0.866. The molecule has 1 unspecified atom stereocenters. The fourth-order valence-corrected chi connectivity index (χ4v) is 2.07. The largest absolute Gasteiger partial charge is 0.504 e. The zero-order chi connectivity index (χ0) is 13.2. The van der Waals surface area contributed by atoms with Crippen LogP contribution in [0.3, 0.4) is 0 Å². The van der Waals surface area contributed by atoms with Crippen LogP contribution >= 0.6 is 0 Å². The Morgan fingerprint density at radius 2 is 1.88 bits per heavy atom. The first-order chi connectivity index (χ1) is 7.82. The number of aromatic nitrogens is 2. The molecule has 0 aromatic carbocycles. The van der Waals surface area contributed by atoms with Crippen LogP contribution in [0, 0.1) is 0 Å². The maximum atomic E-state index is 10.3. The lowest BCUT2D eigenvalue weighted by atomic mass is 9.90. The standard InChI is InChI=1S/C14H26N2O/c1-7-9-11-12(17)13(14(4,5)6)16(15-11)10(3)8-2/h10,17H,7-9H2,1-6H3. The monoisotopic (exact) mass is 238 g/mol. The summed E-state index contributed by atoms with van der Waals surface area (Å²) in [6, 6.07) is 0.334. The lowest BCUT2D eigenvalue weighted by Gasteiger charge is -2.23. The van der Waals surface area contributed by atoms with Crippen molar-refractivity contribution >= 4 is 0 Å². The van der Waals surface area contributed by atoms with Crippen molar-refractivity contribution in [3.05, 3.63) is 11.4 Å². The van der Waals surface area contributed by atoms with Crippen LogP contribution in [0.15, 0.2) is 0 Å². The van der Waals surface area contributed by atoms with Crippen molar-refractivity contribution in [3.8, 4) is 5.75 Å². The zero-order valence-corrected chi connectivity index (χ0v) is 12.0. The summed E-state index contributed by atoms with van der Waals surface area (Å²) in [5.74, 6) is 0.402. The summed E-state index contributed by atoms with van der Waals surface area (Å²) in [7, 11) is 0. The van der Waals surface area contributed by atoms with Gasteiger partial charge in [0.1, 0.15) is 5.69 Å². The van der Waals surface area contributed by atoms with Gasteiger partial charge in [0.25, 0.3) is 0 Å². The van der Waals surface area contributed by atoms with Crippen molar-refractivity contribution in [3.63, 3.8) is 0 Å². The summed E-state index contributed by atoms with van der Waals surface area (Å²) in [5, 5.41) is 14.9. The van der Waals surface area contributed by atoms with Crippen LogP contribution in [0.25, 0.3) is 0 Å². The molecule has 0 aliphatic heterocycles. The topological polar surface area (TPSA) is 38.0 Å². The third-order valence-corrected chi connectivity index (χ3v) is 3.16. The number of hydrogen-bond donors (Lipinski definition) is 1. The van der Waals surface area contributed by atoms with Gasteiger partial charge in [0.15, 0.2) is 5.75 Å². The molecule has 1 rings (SSSR count). The van der Waals surface area contributed by atoms with Gasteiger partial charge in [-0.2, -0.15) is 5.10 Å². The minimum absolute atomic E-state index is 0.0769. The molecule has 1 heterocycles. The molecule has 0 amide bonds. The Balaban J connectivity index is 3.32. The molecule has 0 aliphatic rings. The molecule has 3 heteroatoms. The molecular weight excluding hydrogens is 212 g/mol. The van der Waals surface area contributed by atoms with Gasteiger partial charge in [0.05, 0.1) is 5.69 Å². The molecule has 98 valence electrons. The highest BCUT2D eigenvalue weighted by Crippen LogP contribution is 2.36. The molecule has 1 aromatic rings. The number of hydrogen-bond acceptors (Lipinski definition) is 2. The molecule has 0 spiro atoms. The lowest BCUT2D eigenvalue weighted by Crippen LogP contribution is -2.20. The van der Waals surface area contributed by atoms with Gasteiger partial charge in [-0.25, -0.2) is 0 Å². The summed E-state index contributed by atoms with van der Waals surface area (Å²) in [4.78, 5) is 0. The van der Waals surface area contributed by atoms with Gasteiger partial charge in [0, 0.05) is 11.5 Å². The van der Waals surface area contributed by atoms with Crippen LogP contribution in [0.1, 0.15) is 71.8 Å². The first kappa shape index (κ1) is 14.1. The summed E-state index contributed by atoms with van der Waals surface area (Å²) >= 11 is 0. The predicted octanol–water partition coefficient (Wildman–Crippen LogP) is 3.81. The highest BCUT2D eigenvalue weighted by atomic mass is 16.3. The highest BCUT2D eigenvalue weighted by Gasteiger charge is 2.28. The summed E-state index contributed by atoms with van der Waals surface area (Å²) in [5.41, 5.74) is 1.74. The molecule has 0 bridgehead atoms. The van der Waals surface area contributed by atoms with Gasteiger partial charge in [-0.1, -0.05) is 41.0 Å². The number of rotatable bonds is 4. The Labute approximate surface area is 105 Å². The molecule has 0 saturated heterocycles. The van der Waals surface area contributed by atoms with Crippen LogP contribution < -0.4 is 0 Å². The number of aryl methyl sites for hydroxylation is 1. The van der Waals surface area contributed by atoms with E-state index in [0.29, 0.717) is 11.8 Å². The van der Waals surface area contributed by atoms with Crippen LogP contribution in [0.5, 0.6) is 5.75 Å². The van der Waals surface area contributed by atoms with Gasteiger partial charge in [-0.05, 0) is 19.8 Å². The average Bonchev–Trinajstić information content (AvgIpc) is 2.55. The van der Waals surface area contributed by atoms with E-state index in [2.05, 4.69) is 46.6 Å². The second-order valence-corrected chi connectivity index (χ2v) is 5.85. The minimum atomic E-state index is -0.0769. The lowest BCUT2D eigenvalue weighted by molar-refractivity contribution is 0.392. The van der Waals surface area contributed by atoms with Crippen molar-refractivity contribution < 1.29 is 5.11 Å². The van der Waals surface area contributed by atoms with E-state index in [1.165, 1.54) is 0 Å². The molecule has 0 radical (unpaired) electrons. The fourth-order valence-electron chi connectivity index (χ4n) is 2.07. The van der Waals surface area contributed by atoms with Crippen molar-refractivity contribution in [2.75, 3.05) is 0 Å². The van der Waals surface area contributed by atoms with Gasteiger partial charge in [0.2, 0.25) is 0 Å². The molecule has 3 nitrogen and oxygen atoms in total. The van der Waals surface area contributed by atoms with Crippen LogP contribution in [-0.4, -0.2) is 14.9 Å². The molecule has 0 saturated carbocycles. The molecule has 0 aliphatic carbocycles. The van der Waals surface area contributed by atoms with E-state index in [1.54, 1.807) is 0 Å². The Morgan fingerprint density at radius 3 is 2.29 bits per heavy atom. The molecule has 17 heavy (non-hydrogen) atoms. The first-order valence-corrected chi connectivity index (χ1v) is 6.63. The van der Waals surface area contributed by atoms with Crippen LogP contribution in [-0.2, 0) is 11.8 Å². The van der Waals surface area contributed by atoms with Gasteiger partial charge < -0.3 is 5.11 Å². The van der Waals surface area contributed by atoms with Crippen molar-refractivity contribution in [1.29, 1.82) is 0 Å². The summed E-state index contributed by atoms with van der Waals surface area (Å²) < 4.78 is 2.01. The molecular formula is C14H26N2O. The third-order valence-electron chi connectivity index (χ3n) is 3.16. The predicted molar refractivity (Wildman–Crippen MR) is 71.6 cm³/mol. The zero-order valence-electron chi connectivity index (χ0n) is 12.0. The maximum Gasteiger partial charge on any atom is 0.160 e. The average molecular weight is 238 g/mol. The summed E-state index contributed by atoms with van der Waals surface area (Å²) in [6.07, 6.45) is 2.88. The van der Waals surface area contributed by atoms with E-state index < -0.39 is 0 Å². The first-order valence-electron chi connectivity index (χ1n) is 6.63.